The molecule has 90 valence electrons. The maximum Gasteiger partial charge on any atom is 0.414 e. The molecule has 0 atom stereocenters. The lowest BCUT2D eigenvalue weighted by Gasteiger charge is -1.81. The van der Waals surface area contributed by atoms with Gasteiger partial charge in [-0.1, -0.05) is 0 Å². The number of carboxylic acid groups (broad SMARTS) is 2. The molecule has 8 heteroatoms. The molecule has 0 amide bonds. The average Bonchev–Trinajstić information content (AvgIpc) is 2.72. The van der Waals surface area contributed by atoms with E-state index in [0.29, 0.717) is 6.54 Å². The van der Waals surface area contributed by atoms with Gasteiger partial charge < -0.3 is 20.9 Å². The molecule has 2 aromatic heterocycles. The number of aromatic amines is 1. The fourth-order valence-electron chi connectivity index (χ4n) is 0.992. The number of nitrogens with one attached hydrogen (secondary N) is 1. The molecule has 0 spiro atoms. The number of nitrogens with zero attached hydrogens (tertiary/aromatic N) is 2. The van der Waals surface area contributed by atoms with Gasteiger partial charge in [-0.25, -0.2) is 19.6 Å². The standard InChI is InChI=1S/C7H8N4.C2H2O4/c8-4-6-10-5-2-1-3-9-7(5)11-6;3-1(4)2(5)6/h1-3H,4,8H2,(H,9,10,11);(H,3,4)(H,5,6). The molecule has 0 aliphatic carbocycles. The van der Waals surface area contributed by atoms with Crippen molar-refractivity contribution >= 4 is 23.1 Å². The van der Waals surface area contributed by atoms with Crippen LogP contribution in [0.1, 0.15) is 5.82 Å². The molecule has 2 heterocycles. The van der Waals surface area contributed by atoms with Crippen LogP contribution in [0.5, 0.6) is 0 Å². The van der Waals surface area contributed by atoms with Crippen LogP contribution in [0.25, 0.3) is 11.2 Å². The Kier molecular flexibility index (Phi) is 4.12. The Morgan fingerprint density at radius 3 is 2.47 bits per heavy atom. The van der Waals surface area contributed by atoms with E-state index in [1.165, 1.54) is 0 Å². The molecular weight excluding hydrogens is 228 g/mol. The lowest BCUT2D eigenvalue weighted by molar-refractivity contribution is -0.159. The minimum Gasteiger partial charge on any atom is -0.473 e. The van der Waals surface area contributed by atoms with Crippen molar-refractivity contribution in [3.63, 3.8) is 0 Å². The first-order valence-corrected chi connectivity index (χ1v) is 4.50. The Balaban J connectivity index is 0.000000209. The average molecular weight is 238 g/mol. The molecule has 0 aliphatic heterocycles. The van der Waals surface area contributed by atoms with E-state index in [9.17, 15) is 0 Å². The van der Waals surface area contributed by atoms with Gasteiger partial charge in [0.25, 0.3) is 0 Å². The molecule has 0 aromatic carbocycles. The van der Waals surface area contributed by atoms with Gasteiger partial charge in [-0.15, -0.1) is 0 Å². The highest BCUT2D eigenvalue weighted by atomic mass is 16.4. The molecule has 8 nitrogen and oxygen atoms in total. The maximum atomic E-state index is 9.10. The number of H-pyrrole nitrogens is 1. The number of fused-ring (bicyclic) bond motifs is 1. The summed E-state index contributed by atoms with van der Waals surface area (Å²) < 4.78 is 0. The summed E-state index contributed by atoms with van der Waals surface area (Å²) in [5.41, 5.74) is 7.06. The van der Waals surface area contributed by atoms with Crippen LogP contribution in [-0.4, -0.2) is 37.1 Å². The van der Waals surface area contributed by atoms with E-state index in [1.807, 2.05) is 12.1 Å². The number of hydrogen-bond acceptors (Lipinski definition) is 5. The molecule has 0 fully saturated rings. The molecule has 17 heavy (non-hydrogen) atoms. The van der Waals surface area contributed by atoms with Crippen LogP contribution in [0, 0.1) is 0 Å². The Morgan fingerprint density at radius 1 is 1.35 bits per heavy atom. The number of nitrogens with two attached hydrogens (primary N) is 1. The molecule has 2 rings (SSSR count). The second-order valence-electron chi connectivity index (χ2n) is 2.87. The van der Waals surface area contributed by atoms with Crippen LogP contribution >= 0.6 is 0 Å². The fourth-order valence-corrected chi connectivity index (χ4v) is 0.992. The van der Waals surface area contributed by atoms with Crippen molar-refractivity contribution in [2.24, 2.45) is 5.73 Å². The summed E-state index contributed by atoms with van der Waals surface area (Å²) in [6, 6.07) is 3.79. The zero-order valence-corrected chi connectivity index (χ0v) is 8.62. The Labute approximate surface area is 95.1 Å². The lowest BCUT2D eigenvalue weighted by atomic mass is 10.4. The van der Waals surface area contributed by atoms with E-state index in [0.717, 1.165) is 17.0 Å². The first-order chi connectivity index (χ1) is 8.04. The minimum atomic E-state index is -1.82. The fraction of sp³-hybridized carbons (Fsp3) is 0.111. The molecule has 0 aliphatic rings. The van der Waals surface area contributed by atoms with Crippen LogP contribution in [-0.2, 0) is 16.1 Å². The maximum absolute atomic E-state index is 9.10. The number of pyridine rings is 1. The van der Waals surface area contributed by atoms with Gasteiger partial charge in [0, 0.05) is 6.20 Å². The highest BCUT2D eigenvalue weighted by Crippen LogP contribution is 2.05. The largest absolute Gasteiger partial charge is 0.473 e. The third-order valence-corrected chi connectivity index (χ3v) is 1.68. The Morgan fingerprint density at radius 2 is 2.00 bits per heavy atom. The number of hydrogen-bond donors (Lipinski definition) is 4. The number of rotatable bonds is 1. The van der Waals surface area contributed by atoms with Crippen molar-refractivity contribution in [3.05, 3.63) is 24.2 Å². The summed E-state index contributed by atoms with van der Waals surface area (Å²) in [5, 5.41) is 14.8. The summed E-state index contributed by atoms with van der Waals surface area (Å²) >= 11 is 0. The molecule has 0 saturated carbocycles. The number of imidazole rings is 1. The minimum absolute atomic E-state index is 0.427. The van der Waals surface area contributed by atoms with Crippen LogP contribution in [0.15, 0.2) is 18.3 Å². The van der Waals surface area contributed by atoms with Crippen LogP contribution in [0.2, 0.25) is 0 Å². The molecule has 0 bridgehead atoms. The third-order valence-electron chi connectivity index (χ3n) is 1.68. The van der Waals surface area contributed by atoms with Crippen molar-refractivity contribution in [3.8, 4) is 0 Å². The van der Waals surface area contributed by atoms with E-state index in [1.54, 1.807) is 6.20 Å². The number of carbonyl (C=O) groups is 2. The topological polar surface area (TPSA) is 142 Å². The molecule has 5 N–H and O–H groups in total. The predicted octanol–water partition coefficient (Wildman–Crippen LogP) is -0.428. The highest BCUT2D eigenvalue weighted by molar-refractivity contribution is 6.27. The number of aliphatic carboxylic acids is 2. The van der Waals surface area contributed by atoms with Gasteiger partial charge in [0.15, 0.2) is 5.65 Å². The van der Waals surface area contributed by atoms with Crippen molar-refractivity contribution in [2.75, 3.05) is 0 Å². The monoisotopic (exact) mass is 238 g/mol. The summed E-state index contributed by atoms with van der Waals surface area (Å²) in [7, 11) is 0. The summed E-state index contributed by atoms with van der Waals surface area (Å²) in [5.74, 6) is -2.87. The van der Waals surface area contributed by atoms with Crippen molar-refractivity contribution < 1.29 is 19.8 Å². The Hall–Kier alpha value is -2.48. The van der Waals surface area contributed by atoms with Crippen molar-refractivity contribution in [1.82, 2.24) is 15.0 Å². The van der Waals surface area contributed by atoms with Gasteiger partial charge in [0.1, 0.15) is 5.82 Å². The summed E-state index contributed by atoms with van der Waals surface area (Å²) in [6.45, 7) is 0.427. The molecule has 0 unspecified atom stereocenters. The van der Waals surface area contributed by atoms with E-state index in [4.69, 9.17) is 25.5 Å². The lowest BCUT2D eigenvalue weighted by Crippen LogP contribution is -2.09. The van der Waals surface area contributed by atoms with Gasteiger partial charge in [-0.2, -0.15) is 0 Å². The quantitative estimate of drug-likeness (QED) is 0.494. The van der Waals surface area contributed by atoms with E-state index in [-0.39, 0.29) is 0 Å². The van der Waals surface area contributed by atoms with E-state index in [2.05, 4.69) is 15.0 Å². The van der Waals surface area contributed by atoms with Gasteiger partial charge >= 0.3 is 11.9 Å². The molecule has 0 radical (unpaired) electrons. The zero-order valence-electron chi connectivity index (χ0n) is 8.62. The van der Waals surface area contributed by atoms with Crippen LogP contribution in [0.3, 0.4) is 0 Å². The normalized spacial score (nSPS) is 9.47. The predicted molar refractivity (Wildman–Crippen MR) is 57.1 cm³/mol. The van der Waals surface area contributed by atoms with Gasteiger partial charge in [0.05, 0.1) is 12.1 Å². The van der Waals surface area contributed by atoms with Crippen LogP contribution in [0.4, 0.5) is 0 Å². The zero-order chi connectivity index (χ0) is 12.8. The Bertz CT molecular complexity index is 492. The van der Waals surface area contributed by atoms with Gasteiger partial charge in [-0.05, 0) is 12.1 Å². The highest BCUT2D eigenvalue weighted by Gasteiger charge is 2.04. The second-order valence-corrected chi connectivity index (χ2v) is 2.87. The van der Waals surface area contributed by atoms with Crippen LogP contribution < -0.4 is 5.73 Å². The summed E-state index contributed by atoms with van der Waals surface area (Å²) in [4.78, 5) is 29.4. The summed E-state index contributed by atoms with van der Waals surface area (Å²) in [6.07, 6.45) is 1.71. The number of carboxylic acids is 2. The van der Waals surface area contributed by atoms with Gasteiger partial charge in [0.2, 0.25) is 0 Å². The first-order valence-electron chi connectivity index (χ1n) is 4.50. The number of aromatic nitrogens is 3. The smallest absolute Gasteiger partial charge is 0.414 e. The van der Waals surface area contributed by atoms with Crippen molar-refractivity contribution in [2.45, 2.75) is 6.54 Å². The van der Waals surface area contributed by atoms with E-state index >= 15 is 0 Å². The first kappa shape index (κ1) is 12.6. The third kappa shape index (κ3) is 3.54. The van der Waals surface area contributed by atoms with Crippen molar-refractivity contribution in [1.29, 1.82) is 0 Å². The molecular formula is C9H10N4O4. The second kappa shape index (κ2) is 5.56. The van der Waals surface area contributed by atoms with E-state index < -0.39 is 11.9 Å². The molecule has 2 aromatic rings. The molecule has 0 saturated heterocycles. The SMILES string of the molecule is NCc1nc2ncccc2[nH]1.O=C(O)C(=O)O. The van der Waals surface area contributed by atoms with Gasteiger partial charge in [-0.3, -0.25) is 0 Å².